The van der Waals surface area contributed by atoms with E-state index in [1.807, 2.05) is 20.9 Å². The molecule has 1 saturated carbocycles. The van der Waals surface area contributed by atoms with E-state index in [0.717, 1.165) is 38.8 Å². The van der Waals surface area contributed by atoms with Gasteiger partial charge in [-0.05, 0) is 66.9 Å². The van der Waals surface area contributed by atoms with Gasteiger partial charge >= 0.3 is 0 Å². The summed E-state index contributed by atoms with van der Waals surface area (Å²) in [4.78, 5) is 56.9. The standard InChI is InChI=1S/C34H50FN7O5/c1-7-26-31(40-47-39-26)33(45)38-29(21(4)23-11-9-20(3)10-12-23)32(44)36-27-14-13-24(19-25(27)35)22(5)30(37-28(43)8-2)34(46)42-17-15-41(6)16-18-42/h13-14,19-23,29-30H,7-12,15-18H2,1-6H3,(H,36,44)(H,37,43)(H,38,45)/t20?,21?,22-,23?,29?,30+/m0/s1. The van der Waals surface area contributed by atoms with Crippen LogP contribution in [0.3, 0.4) is 0 Å². The van der Waals surface area contributed by atoms with Crippen molar-refractivity contribution >= 4 is 29.3 Å². The van der Waals surface area contributed by atoms with Crippen LogP contribution in [-0.2, 0) is 20.8 Å². The van der Waals surface area contributed by atoms with E-state index in [1.165, 1.54) is 12.1 Å². The van der Waals surface area contributed by atoms with Crippen LogP contribution in [0.4, 0.5) is 10.1 Å². The lowest BCUT2D eigenvalue weighted by Gasteiger charge is -2.36. The van der Waals surface area contributed by atoms with Gasteiger partial charge in [0.15, 0.2) is 5.69 Å². The number of likely N-dealkylation sites (N-methyl/N-ethyl adjacent to an activating group) is 1. The van der Waals surface area contributed by atoms with Crippen molar-refractivity contribution < 1.29 is 28.2 Å². The summed E-state index contributed by atoms with van der Waals surface area (Å²) in [7, 11) is 1.99. The Bertz CT molecular complexity index is 1400. The highest BCUT2D eigenvalue weighted by Gasteiger charge is 2.36. The van der Waals surface area contributed by atoms with Crippen molar-refractivity contribution in [2.24, 2.45) is 17.8 Å². The fraction of sp³-hybridized carbons (Fsp3) is 0.647. The molecule has 3 N–H and O–H groups in total. The highest BCUT2D eigenvalue weighted by atomic mass is 19.1. The van der Waals surface area contributed by atoms with E-state index >= 15 is 4.39 Å². The summed E-state index contributed by atoms with van der Waals surface area (Å²) >= 11 is 0. The van der Waals surface area contributed by atoms with Gasteiger partial charge in [0.25, 0.3) is 5.91 Å². The summed E-state index contributed by atoms with van der Waals surface area (Å²) in [6.07, 6.45) is 4.57. The summed E-state index contributed by atoms with van der Waals surface area (Å²) in [5.41, 5.74) is 0.863. The van der Waals surface area contributed by atoms with Gasteiger partial charge in [-0.1, -0.05) is 58.7 Å². The van der Waals surface area contributed by atoms with Crippen molar-refractivity contribution in [2.75, 3.05) is 38.5 Å². The predicted octanol–water partition coefficient (Wildman–Crippen LogP) is 3.74. The van der Waals surface area contributed by atoms with Gasteiger partial charge in [-0.25, -0.2) is 9.02 Å². The number of rotatable bonds is 12. The van der Waals surface area contributed by atoms with Crippen molar-refractivity contribution in [3.8, 4) is 0 Å². The molecule has 12 nitrogen and oxygen atoms in total. The first-order valence-electron chi connectivity index (χ1n) is 16.9. The van der Waals surface area contributed by atoms with Gasteiger partial charge in [0.05, 0.1) is 5.69 Å². The average molecular weight is 656 g/mol. The Morgan fingerprint density at radius 1 is 0.979 bits per heavy atom. The van der Waals surface area contributed by atoms with Crippen LogP contribution in [0, 0.1) is 23.6 Å². The maximum Gasteiger partial charge on any atom is 0.276 e. The van der Waals surface area contributed by atoms with Gasteiger partial charge in [0, 0.05) is 38.5 Å². The Balaban J connectivity index is 1.53. The minimum Gasteiger partial charge on any atom is -0.344 e. The van der Waals surface area contributed by atoms with Crippen LogP contribution >= 0.6 is 0 Å². The minimum atomic E-state index is -0.963. The van der Waals surface area contributed by atoms with Crippen LogP contribution in [0.2, 0.25) is 0 Å². The van der Waals surface area contributed by atoms with Gasteiger partial charge in [0.1, 0.15) is 23.6 Å². The number of carbonyl (C=O) groups is 4. The molecule has 4 atom stereocenters. The molecule has 258 valence electrons. The SMILES string of the molecule is CCC(=O)N[C@@H](C(=O)N1CCN(C)CC1)[C@@H](C)c1ccc(NC(=O)C(NC(=O)c2nonc2CC)C(C)C2CCC(C)CC2)c(F)c1. The molecule has 0 spiro atoms. The molecule has 47 heavy (non-hydrogen) atoms. The molecule has 1 aliphatic carbocycles. The second kappa shape index (κ2) is 16.3. The van der Waals surface area contributed by atoms with E-state index in [1.54, 1.807) is 24.8 Å². The Kier molecular flexibility index (Phi) is 12.5. The highest BCUT2D eigenvalue weighted by Crippen LogP contribution is 2.35. The number of carbonyl (C=O) groups excluding carboxylic acids is 4. The number of nitrogens with zero attached hydrogens (tertiary/aromatic N) is 4. The smallest absolute Gasteiger partial charge is 0.276 e. The molecule has 1 aromatic heterocycles. The van der Waals surface area contributed by atoms with E-state index in [9.17, 15) is 19.2 Å². The first-order valence-corrected chi connectivity index (χ1v) is 16.9. The molecular formula is C34H50FN7O5. The number of aromatic nitrogens is 2. The summed E-state index contributed by atoms with van der Waals surface area (Å²) in [5.74, 6) is -2.25. The zero-order chi connectivity index (χ0) is 34.2. The monoisotopic (exact) mass is 655 g/mol. The molecule has 4 amide bonds. The third kappa shape index (κ3) is 8.94. The molecule has 1 aliphatic heterocycles. The zero-order valence-corrected chi connectivity index (χ0v) is 28.5. The Morgan fingerprint density at radius 3 is 2.28 bits per heavy atom. The van der Waals surface area contributed by atoms with Crippen LogP contribution in [0.15, 0.2) is 22.8 Å². The molecule has 2 unspecified atom stereocenters. The predicted molar refractivity (Wildman–Crippen MR) is 175 cm³/mol. The second-order valence-electron chi connectivity index (χ2n) is 13.3. The molecule has 2 heterocycles. The van der Waals surface area contributed by atoms with Gasteiger partial charge in [-0.2, -0.15) is 0 Å². The zero-order valence-electron chi connectivity index (χ0n) is 28.5. The lowest BCUT2D eigenvalue weighted by molar-refractivity contribution is -0.138. The molecule has 2 aromatic rings. The maximum atomic E-state index is 15.7. The lowest BCUT2D eigenvalue weighted by Crippen LogP contribution is -2.55. The highest BCUT2D eigenvalue weighted by molar-refractivity contribution is 6.01. The first-order chi connectivity index (χ1) is 22.4. The number of piperazine rings is 1. The lowest BCUT2D eigenvalue weighted by atomic mass is 9.74. The van der Waals surface area contributed by atoms with E-state index in [4.69, 9.17) is 4.63 Å². The second-order valence-corrected chi connectivity index (χ2v) is 13.3. The molecule has 1 aromatic carbocycles. The Morgan fingerprint density at radius 2 is 1.66 bits per heavy atom. The van der Waals surface area contributed by atoms with Crippen LogP contribution in [0.5, 0.6) is 0 Å². The van der Waals surface area contributed by atoms with E-state index in [2.05, 4.69) is 38.1 Å². The van der Waals surface area contributed by atoms with Crippen molar-refractivity contribution in [1.29, 1.82) is 0 Å². The summed E-state index contributed by atoms with van der Waals surface area (Å²) in [6.45, 7) is 12.0. The third-order valence-corrected chi connectivity index (χ3v) is 10.0. The molecule has 13 heteroatoms. The molecule has 2 aliphatic rings. The first kappa shape index (κ1) is 36.0. The fourth-order valence-electron chi connectivity index (χ4n) is 6.56. The van der Waals surface area contributed by atoms with Crippen molar-refractivity contribution in [3.63, 3.8) is 0 Å². The average Bonchev–Trinajstić information content (AvgIpc) is 3.56. The minimum absolute atomic E-state index is 0.0233. The van der Waals surface area contributed by atoms with Gasteiger partial charge < -0.3 is 25.8 Å². The molecule has 1 saturated heterocycles. The van der Waals surface area contributed by atoms with Crippen LogP contribution < -0.4 is 16.0 Å². The van der Waals surface area contributed by atoms with Crippen molar-refractivity contribution in [2.45, 2.75) is 91.1 Å². The molecule has 2 fully saturated rings. The largest absolute Gasteiger partial charge is 0.344 e. The van der Waals surface area contributed by atoms with Gasteiger partial charge in [0.2, 0.25) is 17.7 Å². The van der Waals surface area contributed by atoms with E-state index in [0.29, 0.717) is 36.7 Å². The Labute approximate surface area is 276 Å². The van der Waals surface area contributed by atoms with Crippen LogP contribution in [0.1, 0.15) is 94.4 Å². The Hall–Kier alpha value is -3.87. The number of nitrogens with one attached hydrogen (secondary N) is 3. The quantitative estimate of drug-likeness (QED) is 0.313. The van der Waals surface area contributed by atoms with Crippen LogP contribution in [-0.4, -0.2) is 89.1 Å². The summed E-state index contributed by atoms with van der Waals surface area (Å²) in [5, 5.41) is 15.9. The number of hydrogen-bond acceptors (Lipinski definition) is 8. The normalized spacial score (nSPS) is 21.3. The molecule has 0 radical (unpaired) electrons. The number of halogens is 1. The maximum absolute atomic E-state index is 15.7. The van der Waals surface area contributed by atoms with Gasteiger partial charge in [-0.15, -0.1) is 0 Å². The number of hydrogen-bond donors (Lipinski definition) is 3. The van der Waals surface area contributed by atoms with Crippen molar-refractivity contribution in [1.82, 2.24) is 30.7 Å². The topological polar surface area (TPSA) is 150 Å². The molecule has 4 rings (SSSR count). The molecular weight excluding hydrogens is 605 g/mol. The van der Waals surface area contributed by atoms with Crippen LogP contribution in [0.25, 0.3) is 0 Å². The van der Waals surface area contributed by atoms with E-state index in [-0.39, 0.29) is 41.5 Å². The number of benzene rings is 1. The fourth-order valence-corrected chi connectivity index (χ4v) is 6.56. The summed E-state index contributed by atoms with van der Waals surface area (Å²) < 4.78 is 20.5. The number of aryl methyl sites for hydroxylation is 1. The van der Waals surface area contributed by atoms with Crippen molar-refractivity contribution in [3.05, 3.63) is 41.0 Å². The third-order valence-electron chi connectivity index (χ3n) is 10.0. The summed E-state index contributed by atoms with van der Waals surface area (Å²) in [6, 6.07) is 2.57. The van der Waals surface area contributed by atoms with E-state index < -0.39 is 35.6 Å². The number of anilines is 1. The van der Waals surface area contributed by atoms with Gasteiger partial charge in [-0.3, -0.25) is 19.2 Å². The molecule has 0 bridgehead atoms. The number of amides is 4.